The second-order valence-electron chi connectivity index (χ2n) is 6.51. The maximum Gasteiger partial charge on any atom is 0.243 e. The number of amides is 2. The second-order valence-corrected chi connectivity index (χ2v) is 6.51. The molecule has 1 aromatic rings. The standard InChI is InChI=1S/C20H27N3O2/c1-4-12-23-13-10-17(11-14-23)20(25)22(3)15-19(24)21-18-9-7-6-8-16(18)5-2/h1,6-9,17H,5,10-15H2,2-3H3,(H,21,24). The summed E-state index contributed by atoms with van der Waals surface area (Å²) in [5, 5.41) is 2.91. The number of para-hydroxylation sites is 1. The van der Waals surface area contributed by atoms with Gasteiger partial charge in [-0.05, 0) is 44.0 Å². The van der Waals surface area contributed by atoms with E-state index in [4.69, 9.17) is 6.42 Å². The fourth-order valence-electron chi connectivity index (χ4n) is 3.21. The van der Waals surface area contributed by atoms with E-state index in [-0.39, 0.29) is 24.3 Å². The zero-order valence-electron chi connectivity index (χ0n) is 15.1. The maximum absolute atomic E-state index is 12.6. The van der Waals surface area contributed by atoms with Gasteiger partial charge in [-0.25, -0.2) is 0 Å². The van der Waals surface area contributed by atoms with Crippen molar-refractivity contribution in [2.45, 2.75) is 26.2 Å². The van der Waals surface area contributed by atoms with Crippen molar-refractivity contribution >= 4 is 17.5 Å². The molecule has 0 saturated carbocycles. The molecule has 1 aliphatic rings. The Labute approximate surface area is 150 Å². The van der Waals surface area contributed by atoms with Gasteiger partial charge in [0.15, 0.2) is 0 Å². The Morgan fingerprint density at radius 3 is 2.64 bits per heavy atom. The van der Waals surface area contributed by atoms with Crippen LogP contribution in [0.5, 0.6) is 0 Å². The third-order valence-electron chi connectivity index (χ3n) is 4.68. The first kappa shape index (κ1) is 19.0. The van der Waals surface area contributed by atoms with E-state index >= 15 is 0 Å². The Morgan fingerprint density at radius 1 is 1.32 bits per heavy atom. The van der Waals surface area contributed by atoms with Crippen LogP contribution in [0.15, 0.2) is 24.3 Å². The lowest BCUT2D eigenvalue weighted by Crippen LogP contribution is -2.43. The number of likely N-dealkylation sites (N-methyl/N-ethyl adjacent to an activating group) is 1. The van der Waals surface area contributed by atoms with Crippen molar-refractivity contribution in [3.63, 3.8) is 0 Å². The maximum atomic E-state index is 12.6. The van der Waals surface area contributed by atoms with Crippen molar-refractivity contribution in [2.24, 2.45) is 5.92 Å². The van der Waals surface area contributed by atoms with Crippen LogP contribution in [0.1, 0.15) is 25.3 Å². The zero-order valence-corrected chi connectivity index (χ0v) is 15.1. The van der Waals surface area contributed by atoms with Crippen LogP contribution in [0.3, 0.4) is 0 Å². The minimum Gasteiger partial charge on any atom is -0.336 e. The molecule has 1 aromatic carbocycles. The molecule has 5 heteroatoms. The minimum atomic E-state index is -0.165. The molecule has 2 rings (SSSR count). The van der Waals surface area contributed by atoms with Crippen LogP contribution in [-0.4, -0.2) is 54.8 Å². The highest BCUT2D eigenvalue weighted by atomic mass is 16.2. The number of nitrogens with zero attached hydrogens (tertiary/aromatic N) is 2. The van der Waals surface area contributed by atoms with Crippen LogP contribution in [0.25, 0.3) is 0 Å². The van der Waals surface area contributed by atoms with Gasteiger partial charge >= 0.3 is 0 Å². The Morgan fingerprint density at radius 2 is 2.00 bits per heavy atom. The number of hydrogen-bond donors (Lipinski definition) is 1. The van der Waals surface area contributed by atoms with Gasteiger partial charge in [0.2, 0.25) is 11.8 Å². The van der Waals surface area contributed by atoms with Crippen molar-refractivity contribution in [2.75, 3.05) is 38.5 Å². The Bertz CT molecular complexity index is 643. The summed E-state index contributed by atoms with van der Waals surface area (Å²) in [7, 11) is 1.70. The monoisotopic (exact) mass is 341 g/mol. The number of piperidine rings is 1. The van der Waals surface area contributed by atoms with Gasteiger partial charge in [-0.1, -0.05) is 31.0 Å². The number of rotatable bonds is 6. The van der Waals surface area contributed by atoms with Crippen molar-refractivity contribution in [1.82, 2.24) is 9.80 Å². The lowest BCUT2D eigenvalue weighted by atomic mass is 9.95. The molecule has 1 saturated heterocycles. The van der Waals surface area contributed by atoms with Crippen LogP contribution >= 0.6 is 0 Å². The van der Waals surface area contributed by atoms with Gasteiger partial charge in [0.25, 0.3) is 0 Å². The molecular formula is C20H27N3O2. The van der Waals surface area contributed by atoms with E-state index in [1.54, 1.807) is 7.05 Å². The number of hydrogen-bond acceptors (Lipinski definition) is 3. The highest BCUT2D eigenvalue weighted by Gasteiger charge is 2.27. The number of nitrogens with one attached hydrogen (secondary N) is 1. The smallest absolute Gasteiger partial charge is 0.243 e. The highest BCUT2D eigenvalue weighted by molar-refractivity contribution is 5.95. The summed E-state index contributed by atoms with van der Waals surface area (Å²) in [5.41, 5.74) is 1.91. The number of anilines is 1. The summed E-state index contributed by atoms with van der Waals surface area (Å²) >= 11 is 0. The van der Waals surface area contributed by atoms with E-state index in [1.807, 2.05) is 31.2 Å². The summed E-state index contributed by atoms with van der Waals surface area (Å²) in [6, 6.07) is 7.73. The minimum absolute atomic E-state index is 0.0187. The number of terminal acetylenes is 1. The summed E-state index contributed by atoms with van der Waals surface area (Å²) in [6.07, 6.45) is 7.77. The number of carbonyl (C=O) groups excluding carboxylic acids is 2. The van der Waals surface area contributed by atoms with Gasteiger partial charge < -0.3 is 10.2 Å². The third kappa shape index (κ3) is 5.33. The summed E-state index contributed by atoms with van der Waals surface area (Å²) in [4.78, 5) is 28.6. The van der Waals surface area contributed by atoms with Gasteiger partial charge in [0.1, 0.15) is 0 Å². The molecule has 134 valence electrons. The fraction of sp³-hybridized carbons (Fsp3) is 0.500. The topological polar surface area (TPSA) is 52.7 Å². The third-order valence-corrected chi connectivity index (χ3v) is 4.68. The second kappa shape index (κ2) is 9.24. The molecule has 0 radical (unpaired) electrons. The molecule has 5 nitrogen and oxygen atoms in total. The Kier molecular flexibility index (Phi) is 7.03. The molecule has 1 aliphatic heterocycles. The molecule has 0 unspecified atom stereocenters. The predicted molar refractivity (Wildman–Crippen MR) is 100 cm³/mol. The van der Waals surface area contributed by atoms with Crippen LogP contribution < -0.4 is 5.32 Å². The SMILES string of the molecule is C#CCN1CCC(C(=O)N(C)CC(=O)Nc2ccccc2CC)CC1. The van der Waals surface area contributed by atoms with Crippen LogP contribution in [-0.2, 0) is 16.0 Å². The summed E-state index contributed by atoms with van der Waals surface area (Å²) in [5.74, 6) is 2.50. The first-order chi connectivity index (χ1) is 12.0. The van der Waals surface area contributed by atoms with E-state index in [0.29, 0.717) is 6.54 Å². The zero-order chi connectivity index (χ0) is 18.2. The molecule has 0 aliphatic carbocycles. The van der Waals surface area contributed by atoms with E-state index in [0.717, 1.165) is 43.6 Å². The van der Waals surface area contributed by atoms with Gasteiger partial charge in [-0.15, -0.1) is 6.42 Å². The largest absolute Gasteiger partial charge is 0.336 e. The van der Waals surface area contributed by atoms with Crippen LogP contribution in [0.4, 0.5) is 5.69 Å². The van der Waals surface area contributed by atoms with Crippen molar-refractivity contribution in [1.29, 1.82) is 0 Å². The van der Waals surface area contributed by atoms with Gasteiger partial charge in [-0.2, -0.15) is 0 Å². The van der Waals surface area contributed by atoms with Crippen molar-refractivity contribution in [3.8, 4) is 12.3 Å². The molecule has 0 aromatic heterocycles. The van der Waals surface area contributed by atoms with Gasteiger partial charge in [-0.3, -0.25) is 14.5 Å². The van der Waals surface area contributed by atoms with E-state index in [2.05, 4.69) is 16.1 Å². The van der Waals surface area contributed by atoms with Crippen molar-refractivity contribution in [3.05, 3.63) is 29.8 Å². The normalized spacial score (nSPS) is 15.4. The van der Waals surface area contributed by atoms with Gasteiger partial charge in [0.05, 0.1) is 13.1 Å². The van der Waals surface area contributed by atoms with Crippen LogP contribution in [0.2, 0.25) is 0 Å². The first-order valence-electron chi connectivity index (χ1n) is 8.83. The molecule has 0 atom stereocenters. The average Bonchev–Trinajstić information content (AvgIpc) is 2.62. The highest BCUT2D eigenvalue weighted by Crippen LogP contribution is 2.19. The lowest BCUT2D eigenvalue weighted by molar-refractivity contribution is -0.138. The Hall–Kier alpha value is -2.32. The van der Waals surface area contributed by atoms with Crippen molar-refractivity contribution < 1.29 is 9.59 Å². The fourth-order valence-corrected chi connectivity index (χ4v) is 3.21. The average molecular weight is 341 g/mol. The van der Waals surface area contributed by atoms with E-state index in [9.17, 15) is 9.59 Å². The van der Waals surface area contributed by atoms with E-state index < -0.39 is 0 Å². The molecule has 1 N–H and O–H groups in total. The first-order valence-corrected chi connectivity index (χ1v) is 8.83. The molecule has 25 heavy (non-hydrogen) atoms. The van der Waals surface area contributed by atoms with E-state index in [1.165, 1.54) is 4.90 Å². The quantitative estimate of drug-likeness (QED) is 0.805. The molecule has 1 heterocycles. The Balaban J connectivity index is 1.84. The molecule has 1 fully saturated rings. The molecular weight excluding hydrogens is 314 g/mol. The lowest BCUT2D eigenvalue weighted by Gasteiger charge is -2.32. The number of likely N-dealkylation sites (tertiary alicyclic amines) is 1. The summed E-state index contributed by atoms with van der Waals surface area (Å²) < 4.78 is 0. The van der Waals surface area contributed by atoms with Crippen LogP contribution in [0, 0.1) is 18.3 Å². The van der Waals surface area contributed by atoms with Gasteiger partial charge in [0, 0.05) is 18.7 Å². The molecule has 2 amide bonds. The number of benzene rings is 1. The molecule has 0 spiro atoms. The number of carbonyl (C=O) groups is 2. The summed E-state index contributed by atoms with van der Waals surface area (Å²) in [6.45, 7) is 4.43. The number of aryl methyl sites for hydroxylation is 1. The predicted octanol–water partition coefficient (Wildman–Crippen LogP) is 1.99. The molecule has 0 bridgehead atoms.